The quantitative estimate of drug-likeness (QED) is 0.360. The third-order valence-corrected chi connectivity index (χ3v) is 7.34. The maximum Gasteiger partial charge on any atom is 0.223 e. The van der Waals surface area contributed by atoms with E-state index in [1.807, 2.05) is 23.1 Å². The second kappa shape index (κ2) is 9.23. The number of para-hydroxylation sites is 1. The number of hydrogen-bond acceptors (Lipinski definition) is 3. The maximum atomic E-state index is 13.3. The van der Waals surface area contributed by atoms with Gasteiger partial charge in [-0.25, -0.2) is 0 Å². The fourth-order valence-electron chi connectivity index (χ4n) is 5.50. The van der Waals surface area contributed by atoms with Gasteiger partial charge in [0.05, 0.1) is 18.5 Å². The summed E-state index contributed by atoms with van der Waals surface area (Å²) in [4.78, 5) is 15.3. The molecule has 0 unspecified atom stereocenters. The molecule has 0 fully saturated rings. The van der Waals surface area contributed by atoms with E-state index in [1.54, 1.807) is 7.11 Å². The van der Waals surface area contributed by atoms with Crippen molar-refractivity contribution in [2.24, 2.45) is 0 Å². The molecule has 1 amide bonds. The standard InChI is InChI=1S/C31H30N2O3/c1-21-11-13-27(29(17-21)35-2)33-25(18-24-20-36-28-10-6-5-9-26(28)31(24)33)12-14-30(34)32-16-15-22-7-3-4-8-23(22)19-32/h3-11,13,17-18H,12,14-16,19-20H2,1-2H3. The maximum absolute atomic E-state index is 13.3. The second-order valence-corrected chi connectivity index (χ2v) is 9.64. The van der Waals surface area contributed by atoms with Crippen LogP contribution in [0.1, 0.15) is 34.4 Å². The van der Waals surface area contributed by atoms with Crippen molar-refractivity contribution in [3.8, 4) is 28.4 Å². The summed E-state index contributed by atoms with van der Waals surface area (Å²) in [7, 11) is 1.71. The second-order valence-electron chi connectivity index (χ2n) is 9.64. The first-order valence-electron chi connectivity index (χ1n) is 12.6. The van der Waals surface area contributed by atoms with E-state index in [0.29, 0.717) is 26.0 Å². The minimum Gasteiger partial charge on any atom is -0.495 e. The van der Waals surface area contributed by atoms with Gasteiger partial charge in [-0.05, 0) is 66.8 Å². The normalized spacial score (nSPS) is 13.9. The molecule has 6 rings (SSSR count). The molecule has 3 heterocycles. The van der Waals surface area contributed by atoms with Gasteiger partial charge in [-0.3, -0.25) is 4.79 Å². The van der Waals surface area contributed by atoms with Crippen molar-refractivity contribution in [1.29, 1.82) is 0 Å². The molecule has 0 radical (unpaired) electrons. The Morgan fingerprint density at radius 1 is 0.972 bits per heavy atom. The van der Waals surface area contributed by atoms with Crippen LogP contribution in [-0.2, 0) is 30.8 Å². The van der Waals surface area contributed by atoms with Crippen molar-refractivity contribution < 1.29 is 14.3 Å². The molecule has 5 heteroatoms. The van der Waals surface area contributed by atoms with Crippen molar-refractivity contribution in [2.75, 3.05) is 13.7 Å². The van der Waals surface area contributed by atoms with E-state index in [0.717, 1.165) is 58.2 Å². The van der Waals surface area contributed by atoms with Crippen molar-refractivity contribution >= 4 is 5.91 Å². The van der Waals surface area contributed by atoms with E-state index in [2.05, 4.69) is 66.1 Å². The Hall–Kier alpha value is -3.99. The number of rotatable bonds is 5. The van der Waals surface area contributed by atoms with Crippen LogP contribution >= 0.6 is 0 Å². The third kappa shape index (κ3) is 3.95. The van der Waals surface area contributed by atoms with Crippen LogP contribution in [-0.4, -0.2) is 29.0 Å². The van der Waals surface area contributed by atoms with Crippen LogP contribution < -0.4 is 9.47 Å². The molecule has 4 aromatic rings. The first kappa shape index (κ1) is 22.5. The number of aromatic nitrogens is 1. The summed E-state index contributed by atoms with van der Waals surface area (Å²) in [5.74, 6) is 1.89. The zero-order valence-electron chi connectivity index (χ0n) is 20.8. The molecule has 0 saturated heterocycles. The molecule has 0 saturated carbocycles. The number of fused-ring (bicyclic) bond motifs is 4. The molecular formula is C31H30N2O3. The summed E-state index contributed by atoms with van der Waals surface area (Å²) < 4.78 is 14.1. The lowest BCUT2D eigenvalue weighted by Crippen LogP contribution is -2.36. The molecule has 1 aromatic heterocycles. The molecule has 3 aromatic carbocycles. The van der Waals surface area contributed by atoms with Gasteiger partial charge in [-0.1, -0.05) is 42.5 Å². The number of amides is 1. The highest BCUT2D eigenvalue weighted by Crippen LogP contribution is 2.42. The van der Waals surface area contributed by atoms with Crippen LogP contribution in [0.15, 0.2) is 72.8 Å². The van der Waals surface area contributed by atoms with E-state index in [4.69, 9.17) is 9.47 Å². The monoisotopic (exact) mass is 478 g/mol. The van der Waals surface area contributed by atoms with Crippen LogP contribution in [0.3, 0.4) is 0 Å². The summed E-state index contributed by atoms with van der Waals surface area (Å²) in [6.45, 7) is 4.05. The SMILES string of the molecule is COc1cc(C)ccc1-n1c(CCC(=O)N2CCc3ccccc3C2)cc2c1-c1ccccc1OC2. The first-order chi connectivity index (χ1) is 17.6. The highest BCUT2D eigenvalue weighted by molar-refractivity contribution is 5.78. The Bertz CT molecular complexity index is 1450. The molecule has 2 aliphatic heterocycles. The van der Waals surface area contributed by atoms with Gasteiger partial charge in [0.1, 0.15) is 18.1 Å². The van der Waals surface area contributed by atoms with Gasteiger partial charge in [-0.2, -0.15) is 0 Å². The Balaban J connectivity index is 1.35. The van der Waals surface area contributed by atoms with Crippen LogP contribution in [0.4, 0.5) is 0 Å². The van der Waals surface area contributed by atoms with Gasteiger partial charge in [0.2, 0.25) is 5.91 Å². The minimum atomic E-state index is 0.197. The van der Waals surface area contributed by atoms with Gasteiger partial charge in [-0.15, -0.1) is 0 Å². The lowest BCUT2D eigenvalue weighted by Gasteiger charge is -2.29. The van der Waals surface area contributed by atoms with Crippen molar-refractivity contribution in [3.05, 3.63) is 101 Å². The number of carbonyl (C=O) groups is 1. The van der Waals surface area contributed by atoms with Crippen molar-refractivity contribution in [2.45, 2.75) is 39.3 Å². The summed E-state index contributed by atoms with van der Waals surface area (Å²) in [6, 6.07) is 25.1. The molecule has 0 aliphatic carbocycles. The topological polar surface area (TPSA) is 43.7 Å². The summed E-state index contributed by atoms with van der Waals surface area (Å²) in [6.07, 6.45) is 2.02. The van der Waals surface area contributed by atoms with Crippen LogP contribution in [0, 0.1) is 6.92 Å². The zero-order valence-corrected chi connectivity index (χ0v) is 20.8. The average molecular weight is 479 g/mol. The van der Waals surface area contributed by atoms with Gasteiger partial charge in [0.25, 0.3) is 0 Å². The highest BCUT2D eigenvalue weighted by atomic mass is 16.5. The van der Waals surface area contributed by atoms with Crippen molar-refractivity contribution in [1.82, 2.24) is 9.47 Å². The van der Waals surface area contributed by atoms with Gasteiger partial charge in [0.15, 0.2) is 0 Å². The fraction of sp³-hybridized carbons (Fsp3) is 0.258. The largest absolute Gasteiger partial charge is 0.495 e. The predicted octanol–water partition coefficient (Wildman–Crippen LogP) is 5.87. The number of hydrogen-bond donors (Lipinski definition) is 0. The van der Waals surface area contributed by atoms with Gasteiger partial charge in [0, 0.05) is 36.3 Å². The highest BCUT2D eigenvalue weighted by Gasteiger charge is 2.27. The van der Waals surface area contributed by atoms with E-state index >= 15 is 0 Å². The lowest BCUT2D eigenvalue weighted by molar-refractivity contribution is -0.132. The van der Waals surface area contributed by atoms with E-state index in [-0.39, 0.29) is 5.91 Å². The third-order valence-electron chi connectivity index (χ3n) is 7.34. The molecule has 0 bridgehead atoms. The van der Waals surface area contributed by atoms with Crippen LogP contribution in [0.2, 0.25) is 0 Å². The summed E-state index contributed by atoms with van der Waals surface area (Å²) in [5, 5.41) is 0. The van der Waals surface area contributed by atoms with Gasteiger partial charge < -0.3 is 18.9 Å². The van der Waals surface area contributed by atoms with Gasteiger partial charge >= 0.3 is 0 Å². The summed E-state index contributed by atoms with van der Waals surface area (Å²) in [5.41, 5.74) is 9.14. The Kier molecular flexibility index (Phi) is 5.76. The minimum absolute atomic E-state index is 0.197. The number of carbonyl (C=O) groups excluding carboxylic acids is 1. The molecular weight excluding hydrogens is 448 g/mol. The van der Waals surface area contributed by atoms with Crippen LogP contribution in [0.25, 0.3) is 16.9 Å². The Morgan fingerprint density at radius 3 is 2.64 bits per heavy atom. The molecule has 36 heavy (non-hydrogen) atoms. The molecule has 0 atom stereocenters. The first-order valence-corrected chi connectivity index (χ1v) is 12.6. The number of benzene rings is 3. The number of methoxy groups -OCH3 is 1. The number of nitrogens with zero attached hydrogens (tertiary/aromatic N) is 2. The molecule has 2 aliphatic rings. The number of ether oxygens (including phenoxy) is 2. The van der Waals surface area contributed by atoms with E-state index in [1.165, 1.54) is 11.1 Å². The zero-order chi connectivity index (χ0) is 24.6. The number of aryl methyl sites for hydroxylation is 2. The predicted molar refractivity (Wildman–Crippen MR) is 141 cm³/mol. The Labute approximate surface area is 211 Å². The van der Waals surface area contributed by atoms with Crippen LogP contribution in [0.5, 0.6) is 11.5 Å². The molecule has 182 valence electrons. The van der Waals surface area contributed by atoms with Crippen molar-refractivity contribution in [3.63, 3.8) is 0 Å². The molecule has 0 spiro atoms. The molecule has 0 N–H and O–H groups in total. The average Bonchev–Trinajstić information content (AvgIpc) is 3.30. The lowest BCUT2D eigenvalue weighted by atomic mass is 9.99. The molecule has 5 nitrogen and oxygen atoms in total. The summed E-state index contributed by atoms with van der Waals surface area (Å²) >= 11 is 0. The Morgan fingerprint density at radius 2 is 1.78 bits per heavy atom. The van der Waals surface area contributed by atoms with E-state index < -0.39 is 0 Å². The fourth-order valence-corrected chi connectivity index (χ4v) is 5.50. The van der Waals surface area contributed by atoms with E-state index in [9.17, 15) is 4.79 Å². The smallest absolute Gasteiger partial charge is 0.223 e.